The third-order valence-corrected chi connectivity index (χ3v) is 5.37. The molecule has 0 aliphatic rings. The average Bonchev–Trinajstić information content (AvgIpc) is 2.42. The Balaban J connectivity index is 0. The Morgan fingerprint density at radius 1 is 1.17 bits per heavy atom. The molecule has 0 bridgehead atoms. The minimum absolute atomic E-state index is 0. The Hall–Kier alpha value is 0.150. The number of nitrogens with one attached hydrogen (secondary N) is 2. The molecule has 0 saturated heterocycles. The third-order valence-electron chi connectivity index (χ3n) is 3.45. The number of hydrogen-bond acceptors (Lipinski definition) is 2. The number of aliphatic imine (C=N–C) groups is 1. The van der Waals surface area contributed by atoms with Crippen molar-refractivity contribution in [1.29, 1.82) is 0 Å². The minimum atomic E-state index is -0.840. The van der Waals surface area contributed by atoms with E-state index in [1.807, 2.05) is 20.8 Å². The zero-order valence-electron chi connectivity index (χ0n) is 15.9. The van der Waals surface area contributed by atoms with Gasteiger partial charge in [-0.25, -0.2) is 0 Å². The molecule has 0 fully saturated rings. The van der Waals surface area contributed by atoms with Crippen molar-refractivity contribution in [3.8, 4) is 0 Å². The second kappa shape index (κ2) is 14.5. The van der Waals surface area contributed by atoms with Crippen molar-refractivity contribution in [3.05, 3.63) is 0 Å². The van der Waals surface area contributed by atoms with Crippen LogP contribution in [0, 0.1) is 0 Å². The molecule has 140 valence electrons. The maximum atomic E-state index is 12.0. The topological polar surface area (TPSA) is 53.5 Å². The summed E-state index contributed by atoms with van der Waals surface area (Å²) in [5.41, 5.74) is 0. The van der Waals surface area contributed by atoms with Crippen LogP contribution >= 0.6 is 24.0 Å². The van der Waals surface area contributed by atoms with Gasteiger partial charge in [0.05, 0.1) is 6.54 Å². The van der Waals surface area contributed by atoms with Gasteiger partial charge < -0.3 is 10.6 Å². The Labute approximate surface area is 163 Å². The summed E-state index contributed by atoms with van der Waals surface area (Å²) >= 11 is 0. The maximum Gasteiger partial charge on any atom is 0.191 e. The Morgan fingerprint density at radius 3 is 2.35 bits per heavy atom. The van der Waals surface area contributed by atoms with E-state index < -0.39 is 10.8 Å². The van der Waals surface area contributed by atoms with Crippen LogP contribution in [0.5, 0.6) is 0 Å². The van der Waals surface area contributed by atoms with Gasteiger partial charge in [-0.2, -0.15) is 0 Å². The fourth-order valence-corrected chi connectivity index (χ4v) is 2.92. The number of guanidine groups is 1. The van der Waals surface area contributed by atoms with Crippen LogP contribution in [0.4, 0.5) is 0 Å². The van der Waals surface area contributed by atoms with E-state index in [2.05, 4.69) is 36.4 Å². The number of halogens is 1. The summed E-state index contributed by atoms with van der Waals surface area (Å²) in [6, 6.07) is 0.419. The molecule has 0 aromatic rings. The smallest absolute Gasteiger partial charge is 0.191 e. The molecule has 2 atom stereocenters. The zero-order chi connectivity index (χ0) is 17.0. The van der Waals surface area contributed by atoms with E-state index in [1.54, 1.807) is 0 Å². The Kier molecular flexibility index (Phi) is 16.0. The van der Waals surface area contributed by atoms with Gasteiger partial charge in [-0.15, -0.1) is 24.0 Å². The highest BCUT2D eigenvalue weighted by molar-refractivity contribution is 14.0. The Bertz CT molecular complexity index is 343. The highest BCUT2D eigenvalue weighted by atomic mass is 127. The molecule has 0 aliphatic heterocycles. The van der Waals surface area contributed by atoms with Crippen molar-refractivity contribution in [2.24, 2.45) is 4.99 Å². The zero-order valence-corrected chi connectivity index (χ0v) is 19.1. The lowest BCUT2D eigenvalue weighted by molar-refractivity contribution is 0.537. The van der Waals surface area contributed by atoms with Crippen LogP contribution in [0.25, 0.3) is 0 Å². The largest absolute Gasteiger partial charge is 0.357 e. The van der Waals surface area contributed by atoms with Crippen LogP contribution in [0.3, 0.4) is 0 Å². The predicted molar refractivity (Wildman–Crippen MR) is 116 cm³/mol. The van der Waals surface area contributed by atoms with Gasteiger partial charge in [-0.1, -0.05) is 32.6 Å². The summed E-state index contributed by atoms with van der Waals surface area (Å²) in [6.07, 6.45) is 6.32. The molecule has 0 aromatic heterocycles. The van der Waals surface area contributed by atoms with Crippen molar-refractivity contribution in [3.63, 3.8) is 0 Å². The molecule has 0 saturated carbocycles. The quantitative estimate of drug-likeness (QED) is 0.224. The highest BCUT2D eigenvalue weighted by Crippen LogP contribution is 2.10. The lowest BCUT2D eigenvalue weighted by Gasteiger charge is -2.19. The maximum absolute atomic E-state index is 12.0. The first kappa shape index (κ1) is 25.4. The normalized spacial score (nSPS) is 14.8. The van der Waals surface area contributed by atoms with E-state index in [4.69, 9.17) is 0 Å². The molecule has 0 heterocycles. The van der Waals surface area contributed by atoms with E-state index in [9.17, 15) is 4.21 Å². The second-order valence-corrected chi connectivity index (χ2v) is 9.14. The molecule has 0 radical (unpaired) electrons. The minimum Gasteiger partial charge on any atom is -0.357 e. The van der Waals surface area contributed by atoms with E-state index in [0.29, 0.717) is 18.3 Å². The van der Waals surface area contributed by atoms with Gasteiger partial charge in [0, 0.05) is 33.9 Å². The van der Waals surface area contributed by atoms with E-state index in [1.165, 1.54) is 32.1 Å². The first-order chi connectivity index (χ1) is 10.3. The van der Waals surface area contributed by atoms with Crippen molar-refractivity contribution in [2.75, 3.05) is 18.8 Å². The van der Waals surface area contributed by atoms with Gasteiger partial charge in [0.1, 0.15) is 0 Å². The molecule has 0 aliphatic carbocycles. The van der Waals surface area contributed by atoms with Crippen molar-refractivity contribution in [1.82, 2.24) is 10.6 Å². The lowest BCUT2D eigenvalue weighted by Crippen LogP contribution is -2.42. The molecule has 4 nitrogen and oxygen atoms in total. The monoisotopic (exact) mass is 459 g/mol. The fourth-order valence-electron chi connectivity index (χ4n) is 2.05. The number of nitrogens with zero attached hydrogens (tertiary/aromatic N) is 1. The molecule has 0 amide bonds. The summed E-state index contributed by atoms with van der Waals surface area (Å²) in [5.74, 6) is 1.46. The van der Waals surface area contributed by atoms with Gasteiger partial charge in [-0.05, 0) is 41.0 Å². The molecular weight excluding hydrogens is 421 g/mol. The number of unbranched alkanes of at least 4 members (excludes halogenated alkanes) is 3. The SMILES string of the molecule is CCCCCCC(C)NC(=NCCS(=O)C(C)(C)C)NCC.I. The van der Waals surface area contributed by atoms with Crippen molar-refractivity contribution < 1.29 is 4.21 Å². The molecule has 0 rings (SSSR count). The molecule has 2 N–H and O–H groups in total. The summed E-state index contributed by atoms with van der Waals surface area (Å²) in [6.45, 7) is 14.0. The van der Waals surface area contributed by atoms with Crippen molar-refractivity contribution in [2.45, 2.75) is 84.4 Å². The van der Waals surface area contributed by atoms with Crippen LogP contribution in [-0.4, -0.2) is 39.8 Å². The fraction of sp³-hybridized carbons (Fsp3) is 0.941. The van der Waals surface area contributed by atoms with Gasteiger partial charge in [0.25, 0.3) is 0 Å². The van der Waals surface area contributed by atoms with Gasteiger partial charge in [0.2, 0.25) is 0 Å². The summed E-state index contributed by atoms with van der Waals surface area (Å²) in [7, 11) is -0.840. The van der Waals surface area contributed by atoms with Gasteiger partial charge in [0.15, 0.2) is 5.96 Å². The Morgan fingerprint density at radius 2 is 1.83 bits per heavy atom. The average molecular weight is 459 g/mol. The first-order valence-electron chi connectivity index (χ1n) is 8.74. The first-order valence-corrected chi connectivity index (χ1v) is 10.1. The summed E-state index contributed by atoms with van der Waals surface area (Å²) in [5, 5.41) is 6.71. The molecule has 23 heavy (non-hydrogen) atoms. The van der Waals surface area contributed by atoms with Crippen molar-refractivity contribution >= 4 is 40.7 Å². The number of hydrogen-bond donors (Lipinski definition) is 2. The van der Waals surface area contributed by atoms with E-state index in [0.717, 1.165) is 12.5 Å². The van der Waals surface area contributed by atoms with Crippen LogP contribution < -0.4 is 10.6 Å². The van der Waals surface area contributed by atoms with Gasteiger partial charge in [-0.3, -0.25) is 9.20 Å². The summed E-state index contributed by atoms with van der Waals surface area (Å²) in [4.78, 5) is 4.55. The molecule has 6 heteroatoms. The molecule has 0 aromatic carbocycles. The van der Waals surface area contributed by atoms with Crippen LogP contribution in [-0.2, 0) is 10.8 Å². The van der Waals surface area contributed by atoms with Crippen LogP contribution in [0.15, 0.2) is 4.99 Å². The van der Waals surface area contributed by atoms with E-state index >= 15 is 0 Å². The highest BCUT2D eigenvalue weighted by Gasteiger charge is 2.18. The van der Waals surface area contributed by atoms with E-state index in [-0.39, 0.29) is 28.7 Å². The summed E-state index contributed by atoms with van der Waals surface area (Å²) < 4.78 is 11.9. The van der Waals surface area contributed by atoms with Gasteiger partial charge >= 0.3 is 0 Å². The number of rotatable bonds is 10. The third kappa shape index (κ3) is 14.2. The second-order valence-electron chi connectivity index (χ2n) is 6.82. The van der Waals surface area contributed by atoms with Crippen LogP contribution in [0.2, 0.25) is 0 Å². The standard InChI is InChI=1S/C17H37N3OS.HI/c1-7-9-10-11-12-15(3)20-16(18-8-2)19-13-14-22(21)17(4,5)6;/h15H,7-14H2,1-6H3,(H2,18,19,20);1H. The van der Waals surface area contributed by atoms with Crippen LogP contribution in [0.1, 0.15) is 73.6 Å². The lowest BCUT2D eigenvalue weighted by atomic mass is 10.1. The predicted octanol–water partition coefficient (Wildman–Crippen LogP) is 4.07. The molecule has 2 unspecified atom stereocenters. The molecular formula is C17H38IN3OS. The molecule has 0 spiro atoms.